The van der Waals surface area contributed by atoms with Gasteiger partial charge >= 0.3 is 0 Å². The lowest BCUT2D eigenvalue weighted by Crippen LogP contribution is -2.47. The number of hydrogen-bond donors (Lipinski definition) is 0. The monoisotopic (exact) mass is 375 g/mol. The molecule has 144 valence electrons. The molecule has 1 aliphatic carbocycles. The minimum absolute atomic E-state index is 0.0191. The number of carbonyl (C=O) groups is 3. The van der Waals surface area contributed by atoms with Gasteiger partial charge < -0.3 is 0 Å². The minimum atomic E-state index is -0.360. The first kappa shape index (κ1) is 18.6. The predicted octanol–water partition coefficient (Wildman–Crippen LogP) is 4.14. The van der Waals surface area contributed by atoms with Gasteiger partial charge in [-0.15, -0.1) is 0 Å². The van der Waals surface area contributed by atoms with Gasteiger partial charge in [0.1, 0.15) is 0 Å². The molecule has 1 fully saturated rings. The van der Waals surface area contributed by atoms with E-state index in [-0.39, 0.29) is 35.5 Å². The number of carbonyl (C=O) groups excluding carboxylic acids is 3. The van der Waals surface area contributed by atoms with E-state index >= 15 is 0 Å². The van der Waals surface area contributed by atoms with E-state index in [1.54, 1.807) is 24.3 Å². The van der Waals surface area contributed by atoms with Crippen molar-refractivity contribution in [3.05, 3.63) is 69.8 Å². The maximum atomic E-state index is 12.8. The summed E-state index contributed by atoms with van der Waals surface area (Å²) in [6.07, 6.45) is 1.53. The van der Waals surface area contributed by atoms with Gasteiger partial charge in [0.25, 0.3) is 11.8 Å². The molecule has 4 nitrogen and oxygen atoms in total. The van der Waals surface area contributed by atoms with Gasteiger partial charge in [-0.3, -0.25) is 19.3 Å². The van der Waals surface area contributed by atoms with Gasteiger partial charge in [-0.2, -0.15) is 0 Å². The number of nitrogens with zero attached hydrogens (tertiary/aromatic N) is 1. The maximum absolute atomic E-state index is 12.8. The third kappa shape index (κ3) is 2.79. The molecule has 1 aliphatic heterocycles. The van der Waals surface area contributed by atoms with Gasteiger partial charge in [-0.25, -0.2) is 0 Å². The van der Waals surface area contributed by atoms with Crippen LogP contribution in [-0.4, -0.2) is 29.0 Å². The molecule has 0 radical (unpaired) electrons. The van der Waals surface area contributed by atoms with Crippen molar-refractivity contribution >= 4 is 17.6 Å². The first-order chi connectivity index (χ1) is 13.2. The Morgan fingerprint density at radius 3 is 2.00 bits per heavy atom. The molecule has 28 heavy (non-hydrogen) atoms. The van der Waals surface area contributed by atoms with E-state index in [0.29, 0.717) is 11.1 Å². The van der Waals surface area contributed by atoms with E-state index in [2.05, 4.69) is 39.8 Å². The summed E-state index contributed by atoms with van der Waals surface area (Å²) in [6.45, 7) is 8.45. The molecule has 0 atom stereocenters. The molecule has 2 amide bonds. The van der Waals surface area contributed by atoms with E-state index in [4.69, 9.17) is 0 Å². The van der Waals surface area contributed by atoms with E-state index in [9.17, 15) is 14.4 Å². The quantitative estimate of drug-likeness (QED) is 0.755. The molecule has 0 saturated heterocycles. The Balaban J connectivity index is 1.47. The highest BCUT2D eigenvalue weighted by atomic mass is 16.2. The third-order valence-corrected chi connectivity index (χ3v) is 6.32. The van der Waals surface area contributed by atoms with Crippen LogP contribution < -0.4 is 0 Å². The number of fused-ring (bicyclic) bond motifs is 1. The lowest BCUT2D eigenvalue weighted by atomic mass is 9.57. The van der Waals surface area contributed by atoms with Crippen LogP contribution in [0.1, 0.15) is 62.7 Å². The Morgan fingerprint density at radius 2 is 1.50 bits per heavy atom. The number of Topliss-reactive ketones (excluding diaryl/α,β-unsaturated/α-hetero) is 1. The summed E-state index contributed by atoms with van der Waals surface area (Å²) >= 11 is 0. The molecule has 0 spiro atoms. The number of hydrogen-bond acceptors (Lipinski definition) is 3. The molecule has 1 heterocycles. The van der Waals surface area contributed by atoms with Crippen LogP contribution in [0.3, 0.4) is 0 Å². The largest absolute Gasteiger partial charge is 0.297 e. The summed E-state index contributed by atoms with van der Waals surface area (Å²) in [4.78, 5) is 38.9. The molecular weight excluding hydrogens is 350 g/mol. The molecule has 4 rings (SSSR count). The molecule has 1 saturated carbocycles. The molecule has 2 aliphatic rings. The van der Waals surface area contributed by atoms with E-state index in [1.807, 2.05) is 0 Å². The topological polar surface area (TPSA) is 54.5 Å². The smallest absolute Gasteiger partial charge is 0.261 e. The highest BCUT2D eigenvalue weighted by Crippen LogP contribution is 2.50. The average Bonchev–Trinajstić information content (AvgIpc) is 2.84. The van der Waals surface area contributed by atoms with Gasteiger partial charge in [-0.05, 0) is 67.9 Å². The van der Waals surface area contributed by atoms with Crippen molar-refractivity contribution in [1.82, 2.24) is 4.90 Å². The highest BCUT2D eigenvalue weighted by molar-refractivity contribution is 6.22. The third-order valence-electron chi connectivity index (χ3n) is 6.32. The number of ketones is 1. The number of amides is 2. The zero-order valence-corrected chi connectivity index (χ0v) is 16.8. The second-order valence-corrected chi connectivity index (χ2v) is 8.65. The summed E-state index contributed by atoms with van der Waals surface area (Å²) in [5.74, 6) is -0.841. The maximum Gasteiger partial charge on any atom is 0.261 e. The predicted molar refractivity (Wildman–Crippen MR) is 108 cm³/mol. The standard InChI is InChI=1S/C24H25NO3/c1-14-9-15(2)21(16(3)10-14)24(4)11-17(12-24)20(26)13-25-22(27)18-7-5-6-8-19(18)23(25)28/h5-10,17H,11-13H2,1-4H3. The molecule has 0 bridgehead atoms. The van der Waals surface area contributed by atoms with Crippen LogP contribution in [-0.2, 0) is 10.2 Å². The van der Waals surface area contributed by atoms with Crippen LogP contribution >= 0.6 is 0 Å². The molecule has 2 aromatic carbocycles. The van der Waals surface area contributed by atoms with Crippen LogP contribution in [0.15, 0.2) is 36.4 Å². The van der Waals surface area contributed by atoms with Crippen molar-refractivity contribution in [1.29, 1.82) is 0 Å². The molecule has 4 heteroatoms. The lowest BCUT2D eigenvalue weighted by molar-refractivity contribution is -0.127. The summed E-state index contributed by atoms with van der Waals surface area (Å²) in [5.41, 5.74) is 5.89. The average molecular weight is 375 g/mol. The summed E-state index contributed by atoms with van der Waals surface area (Å²) in [7, 11) is 0. The number of benzene rings is 2. The van der Waals surface area contributed by atoms with Crippen molar-refractivity contribution in [2.75, 3.05) is 6.54 Å². The first-order valence-corrected chi connectivity index (χ1v) is 9.77. The van der Waals surface area contributed by atoms with Crippen molar-refractivity contribution in [3.8, 4) is 0 Å². The summed E-state index contributed by atoms with van der Waals surface area (Å²) in [5, 5.41) is 0. The van der Waals surface area contributed by atoms with Crippen molar-refractivity contribution in [2.45, 2.75) is 46.0 Å². The second kappa shape index (κ2) is 6.40. The van der Waals surface area contributed by atoms with Crippen molar-refractivity contribution in [2.24, 2.45) is 5.92 Å². The van der Waals surface area contributed by atoms with Crippen molar-refractivity contribution in [3.63, 3.8) is 0 Å². The second-order valence-electron chi connectivity index (χ2n) is 8.65. The molecule has 0 unspecified atom stereocenters. The summed E-state index contributed by atoms with van der Waals surface area (Å²) in [6, 6.07) is 11.1. The van der Waals surface area contributed by atoms with Gasteiger partial charge in [-0.1, -0.05) is 36.8 Å². The van der Waals surface area contributed by atoms with Crippen LogP contribution in [0, 0.1) is 26.7 Å². The van der Waals surface area contributed by atoms with Gasteiger partial charge in [0.15, 0.2) is 5.78 Å². The van der Waals surface area contributed by atoms with Gasteiger partial charge in [0.05, 0.1) is 17.7 Å². The van der Waals surface area contributed by atoms with E-state index in [1.165, 1.54) is 22.3 Å². The van der Waals surface area contributed by atoms with Crippen molar-refractivity contribution < 1.29 is 14.4 Å². The number of rotatable bonds is 4. The lowest BCUT2D eigenvalue weighted by Gasteiger charge is -2.47. The number of aryl methyl sites for hydroxylation is 3. The molecule has 2 aromatic rings. The fourth-order valence-electron chi connectivity index (χ4n) is 5.26. The van der Waals surface area contributed by atoms with Gasteiger partial charge in [0.2, 0.25) is 0 Å². The molecule has 0 N–H and O–H groups in total. The van der Waals surface area contributed by atoms with Crippen LogP contribution in [0.25, 0.3) is 0 Å². The Labute approximate surface area is 165 Å². The Hall–Kier alpha value is -2.75. The zero-order chi connectivity index (χ0) is 20.2. The Kier molecular flexibility index (Phi) is 4.25. The van der Waals surface area contributed by atoms with Crippen LogP contribution in [0.4, 0.5) is 0 Å². The minimum Gasteiger partial charge on any atom is -0.297 e. The van der Waals surface area contributed by atoms with Gasteiger partial charge in [0, 0.05) is 5.92 Å². The van der Waals surface area contributed by atoms with Crippen LogP contribution in [0.2, 0.25) is 0 Å². The zero-order valence-electron chi connectivity index (χ0n) is 16.8. The number of imide groups is 1. The summed E-state index contributed by atoms with van der Waals surface area (Å²) < 4.78 is 0. The fraction of sp³-hybridized carbons (Fsp3) is 0.375. The molecular formula is C24H25NO3. The first-order valence-electron chi connectivity index (χ1n) is 9.77. The normalized spacial score (nSPS) is 23.6. The highest BCUT2D eigenvalue weighted by Gasteiger charge is 2.47. The Bertz CT molecular complexity index is 956. The van der Waals surface area contributed by atoms with E-state index < -0.39 is 0 Å². The molecule has 0 aromatic heterocycles. The SMILES string of the molecule is Cc1cc(C)c(C2(C)CC(C(=O)CN3C(=O)c4ccccc4C3=O)C2)c(C)c1. The Morgan fingerprint density at radius 1 is 1.00 bits per heavy atom. The van der Waals surface area contributed by atoms with Crippen LogP contribution in [0.5, 0.6) is 0 Å². The fourth-order valence-corrected chi connectivity index (χ4v) is 5.26. The van der Waals surface area contributed by atoms with E-state index in [0.717, 1.165) is 17.7 Å².